The van der Waals surface area contributed by atoms with Crippen molar-refractivity contribution in [2.24, 2.45) is 5.92 Å². The van der Waals surface area contributed by atoms with Gasteiger partial charge in [-0.2, -0.15) is 0 Å². The quantitative estimate of drug-likeness (QED) is 0.496. The van der Waals surface area contributed by atoms with Gasteiger partial charge in [-0.1, -0.05) is 24.3 Å². The van der Waals surface area contributed by atoms with Gasteiger partial charge in [0.05, 0.1) is 6.10 Å². The fourth-order valence-electron chi connectivity index (χ4n) is 0.767. The fraction of sp³-hybridized carbons (Fsp3) is 0.286. The third-order valence-corrected chi connectivity index (χ3v) is 1.34. The normalized spacial score (nSPS) is 32.6. The molecule has 2 atom stereocenters. The number of hydrogen-bond donors (Lipinski definition) is 2. The number of allylic oxidation sites excluding steroid dienone is 2. The minimum absolute atomic E-state index is 0.116. The van der Waals surface area contributed by atoms with Gasteiger partial charge < -0.3 is 10.5 Å². The van der Waals surface area contributed by atoms with E-state index >= 15 is 0 Å². The molecule has 2 N–H and O–H groups in total. The molecule has 0 aromatic rings. The van der Waals surface area contributed by atoms with Crippen LogP contribution < -0.4 is 0 Å². The van der Waals surface area contributed by atoms with E-state index in [2.05, 4.69) is 0 Å². The molecule has 0 bridgehead atoms. The Bertz CT molecular complexity index is 160. The lowest BCUT2D eigenvalue weighted by Crippen LogP contribution is -2.18. The Hall–Kier alpha value is -0.890. The molecule has 1 aliphatic carbocycles. The minimum atomic E-state index is -0.493. The van der Waals surface area contributed by atoms with Gasteiger partial charge >= 0.3 is 0 Å². The summed E-state index contributed by atoms with van der Waals surface area (Å²) in [5.74, 6) is -0.116. The van der Waals surface area contributed by atoms with E-state index < -0.39 is 6.10 Å². The summed E-state index contributed by atoms with van der Waals surface area (Å²) in [6.45, 7) is 0. The van der Waals surface area contributed by atoms with Gasteiger partial charge in [-0.3, -0.25) is 0 Å². The van der Waals surface area contributed by atoms with Crippen LogP contribution in [0.15, 0.2) is 24.3 Å². The molecule has 0 fully saturated rings. The first-order valence-electron chi connectivity index (χ1n) is 2.88. The van der Waals surface area contributed by atoms with Crippen molar-refractivity contribution < 1.29 is 5.11 Å². The maximum atomic E-state index is 9.08. The monoisotopic (exact) mass is 123 g/mol. The van der Waals surface area contributed by atoms with Crippen molar-refractivity contribution in [3.05, 3.63) is 24.3 Å². The number of hydrogen-bond acceptors (Lipinski definition) is 2. The van der Waals surface area contributed by atoms with Crippen LogP contribution in [0.4, 0.5) is 0 Å². The average Bonchev–Trinajstić information content (AvgIpc) is 1.89. The predicted octanol–water partition coefficient (Wildman–Crippen LogP) is 0.739. The van der Waals surface area contributed by atoms with E-state index in [4.69, 9.17) is 10.5 Å². The minimum Gasteiger partial charge on any atom is -0.388 e. The molecule has 2 heteroatoms. The molecule has 1 aliphatic rings. The summed E-state index contributed by atoms with van der Waals surface area (Å²) in [6.07, 6.45) is 7.85. The van der Waals surface area contributed by atoms with E-state index in [1.54, 1.807) is 18.2 Å². The second-order valence-electron chi connectivity index (χ2n) is 2.00. The highest BCUT2D eigenvalue weighted by Crippen LogP contribution is 2.08. The Morgan fingerprint density at radius 1 is 1.33 bits per heavy atom. The van der Waals surface area contributed by atoms with E-state index in [9.17, 15) is 0 Å². The second kappa shape index (κ2) is 2.60. The average molecular weight is 123 g/mol. The molecule has 2 nitrogen and oxygen atoms in total. The maximum absolute atomic E-state index is 9.08. The topological polar surface area (TPSA) is 44.1 Å². The van der Waals surface area contributed by atoms with Crippen LogP contribution in [-0.2, 0) is 0 Å². The van der Waals surface area contributed by atoms with Crippen molar-refractivity contribution in [2.75, 3.05) is 0 Å². The van der Waals surface area contributed by atoms with Gasteiger partial charge in [0.1, 0.15) is 0 Å². The van der Waals surface area contributed by atoms with Crippen LogP contribution in [0.25, 0.3) is 0 Å². The van der Waals surface area contributed by atoms with Crippen LogP contribution in [0.5, 0.6) is 0 Å². The summed E-state index contributed by atoms with van der Waals surface area (Å²) in [5.41, 5.74) is 0. The van der Waals surface area contributed by atoms with Crippen LogP contribution in [-0.4, -0.2) is 17.4 Å². The highest BCUT2D eigenvalue weighted by Gasteiger charge is 2.11. The van der Waals surface area contributed by atoms with Crippen LogP contribution in [0.3, 0.4) is 0 Å². The van der Waals surface area contributed by atoms with Crippen molar-refractivity contribution in [1.29, 1.82) is 5.41 Å². The molecule has 0 saturated heterocycles. The molecule has 0 amide bonds. The largest absolute Gasteiger partial charge is 0.388 e. The predicted molar refractivity (Wildman–Crippen MR) is 36.6 cm³/mol. The number of rotatable bonds is 1. The van der Waals surface area contributed by atoms with E-state index in [0.717, 1.165) is 0 Å². The van der Waals surface area contributed by atoms with Crippen LogP contribution in [0.2, 0.25) is 0 Å². The molecule has 0 spiro atoms. The Labute approximate surface area is 54.0 Å². The molecular weight excluding hydrogens is 114 g/mol. The lowest BCUT2D eigenvalue weighted by atomic mass is 9.99. The maximum Gasteiger partial charge on any atom is 0.0836 e. The SMILES string of the molecule is N=C[C@H]1C=CC=C[C@@H]1O. The van der Waals surface area contributed by atoms with E-state index in [-0.39, 0.29) is 5.92 Å². The lowest BCUT2D eigenvalue weighted by Gasteiger charge is -2.12. The van der Waals surface area contributed by atoms with E-state index in [1.807, 2.05) is 6.08 Å². The van der Waals surface area contributed by atoms with Gasteiger partial charge in [0.25, 0.3) is 0 Å². The van der Waals surface area contributed by atoms with Crippen LogP contribution in [0.1, 0.15) is 0 Å². The molecule has 0 heterocycles. The molecule has 48 valence electrons. The Balaban J connectivity index is 2.65. The van der Waals surface area contributed by atoms with Crippen molar-refractivity contribution >= 4 is 6.21 Å². The van der Waals surface area contributed by atoms with Crippen molar-refractivity contribution in [2.45, 2.75) is 6.10 Å². The summed E-state index contributed by atoms with van der Waals surface area (Å²) in [5, 5.41) is 15.9. The molecule has 0 aromatic heterocycles. The molecule has 0 saturated carbocycles. The zero-order valence-corrected chi connectivity index (χ0v) is 4.99. The molecule has 0 radical (unpaired) electrons. The van der Waals surface area contributed by atoms with Gasteiger partial charge in [0.15, 0.2) is 0 Å². The van der Waals surface area contributed by atoms with Gasteiger partial charge in [-0.25, -0.2) is 0 Å². The molecular formula is C7H9NO. The molecule has 1 rings (SSSR count). The van der Waals surface area contributed by atoms with Crippen LogP contribution in [0, 0.1) is 11.3 Å². The third kappa shape index (κ3) is 1.27. The summed E-state index contributed by atoms with van der Waals surface area (Å²) >= 11 is 0. The Morgan fingerprint density at radius 2 is 2.00 bits per heavy atom. The number of aliphatic hydroxyl groups excluding tert-OH is 1. The van der Waals surface area contributed by atoms with Crippen molar-refractivity contribution in [3.8, 4) is 0 Å². The summed E-state index contributed by atoms with van der Waals surface area (Å²) < 4.78 is 0. The molecule has 9 heavy (non-hydrogen) atoms. The van der Waals surface area contributed by atoms with Gasteiger partial charge in [-0.05, 0) is 0 Å². The molecule has 0 aliphatic heterocycles. The Kier molecular flexibility index (Phi) is 1.80. The van der Waals surface area contributed by atoms with E-state index in [0.29, 0.717) is 0 Å². The number of nitrogens with one attached hydrogen (secondary N) is 1. The first-order valence-corrected chi connectivity index (χ1v) is 2.88. The zero-order chi connectivity index (χ0) is 6.69. The van der Waals surface area contributed by atoms with Gasteiger partial charge in [0.2, 0.25) is 0 Å². The van der Waals surface area contributed by atoms with Crippen molar-refractivity contribution in [3.63, 3.8) is 0 Å². The highest BCUT2D eigenvalue weighted by atomic mass is 16.3. The number of aliphatic hydroxyl groups is 1. The smallest absolute Gasteiger partial charge is 0.0836 e. The molecule has 0 aromatic carbocycles. The second-order valence-corrected chi connectivity index (χ2v) is 2.00. The first-order chi connectivity index (χ1) is 4.34. The highest BCUT2D eigenvalue weighted by molar-refractivity contribution is 5.62. The van der Waals surface area contributed by atoms with Crippen molar-refractivity contribution in [1.82, 2.24) is 0 Å². The third-order valence-electron chi connectivity index (χ3n) is 1.34. The van der Waals surface area contributed by atoms with Crippen LogP contribution >= 0.6 is 0 Å². The van der Waals surface area contributed by atoms with E-state index in [1.165, 1.54) is 6.21 Å². The molecule has 0 unspecified atom stereocenters. The summed E-state index contributed by atoms with van der Waals surface area (Å²) in [6, 6.07) is 0. The van der Waals surface area contributed by atoms with Gasteiger partial charge in [-0.15, -0.1) is 0 Å². The Morgan fingerprint density at radius 3 is 2.44 bits per heavy atom. The van der Waals surface area contributed by atoms with Gasteiger partial charge in [0, 0.05) is 12.1 Å². The first kappa shape index (κ1) is 6.23. The summed E-state index contributed by atoms with van der Waals surface area (Å²) in [7, 11) is 0. The zero-order valence-electron chi connectivity index (χ0n) is 4.99. The lowest BCUT2D eigenvalue weighted by molar-refractivity contribution is 0.204. The standard InChI is InChI=1S/C7H9NO/c8-5-6-3-1-2-4-7(6)9/h1-9H/t6-,7+/m1/s1. The fourth-order valence-corrected chi connectivity index (χ4v) is 0.767. The summed E-state index contributed by atoms with van der Waals surface area (Å²) in [4.78, 5) is 0.